The highest BCUT2D eigenvalue weighted by Gasteiger charge is 2.27. The van der Waals surface area contributed by atoms with Crippen LogP contribution < -0.4 is 4.72 Å². The number of rotatable bonds is 4. The van der Waals surface area contributed by atoms with Crippen molar-refractivity contribution >= 4 is 48.4 Å². The number of sulfonamides is 1. The van der Waals surface area contributed by atoms with E-state index >= 15 is 0 Å². The van der Waals surface area contributed by atoms with Gasteiger partial charge in [0.1, 0.15) is 4.90 Å². The quantitative estimate of drug-likeness (QED) is 0.826. The Labute approximate surface area is 132 Å². The molecule has 0 aromatic carbocycles. The van der Waals surface area contributed by atoms with Crippen molar-refractivity contribution < 1.29 is 22.7 Å². The van der Waals surface area contributed by atoms with Gasteiger partial charge in [0, 0.05) is 10.9 Å². The van der Waals surface area contributed by atoms with Crippen LogP contribution in [0.4, 0.5) is 5.13 Å². The molecule has 0 fully saturated rings. The molecule has 0 unspecified atom stereocenters. The Balaban J connectivity index is 1.91. The van der Waals surface area contributed by atoms with Crippen molar-refractivity contribution in [1.29, 1.82) is 0 Å². The third-order valence-electron chi connectivity index (χ3n) is 2.97. The number of halogens is 1. The normalized spacial score (nSPS) is 14.1. The molecule has 1 aliphatic carbocycles. The van der Waals surface area contributed by atoms with Crippen LogP contribution in [-0.2, 0) is 22.9 Å². The monoisotopic (exact) mass is 392 g/mol. The number of carboxylic acids is 1. The minimum absolute atomic E-state index is 0.156. The minimum Gasteiger partial charge on any atom is -0.475 e. The van der Waals surface area contributed by atoms with E-state index in [-0.39, 0.29) is 14.7 Å². The fourth-order valence-corrected chi connectivity index (χ4v) is 5.27. The van der Waals surface area contributed by atoms with Crippen LogP contribution in [0.1, 0.15) is 27.5 Å². The fourth-order valence-electron chi connectivity index (χ4n) is 2.04. The second-order valence-electron chi connectivity index (χ2n) is 4.40. The van der Waals surface area contributed by atoms with E-state index in [0.717, 1.165) is 35.9 Å². The summed E-state index contributed by atoms with van der Waals surface area (Å²) >= 11 is 4.21. The van der Waals surface area contributed by atoms with Gasteiger partial charge in [-0.25, -0.2) is 18.2 Å². The number of aromatic nitrogens is 1. The molecule has 0 saturated heterocycles. The van der Waals surface area contributed by atoms with E-state index in [1.54, 1.807) is 0 Å². The maximum atomic E-state index is 12.3. The lowest BCUT2D eigenvalue weighted by atomic mass is 10.4. The highest BCUT2D eigenvalue weighted by molar-refractivity contribution is 9.10. The zero-order valence-corrected chi connectivity index (χ0v) is 13.6. The molecule has 2 aromatic heterocycles. The molecule has 0 amide bonds. The van der Waals surface area contributed by atoms with Crippen LogP contribution in [-0.4, -0.2) is 24.5 Å². The van der Waals surface area contributed by atoms with Gasteiger partial charge in [0.25, 0.3) is 10.0 Å². The first-order valence-corrected chi connectivity index (χ1v) is 9.00. The lowest BCUT2D eigenvalue weighted by Gasteiger charge is -2.02. The van der Waals surface area contributed by atoms with Gasteiger partial charge in [0.05, 0.1) is 5.69 Å². The predicted octanol–water partition coefficient (Wildman–Crippen LogP) is 2.49. The van der Waals surface area contributed by atoms with E-state index in [0.29, 0.717) is 0 Å². The van der Waals surface area contributed by atoms with Crippen molar-refractivity contribution in [3.8, 4) is 0 Å². The average Bonchev–Trinajstić information content (AvgIpc) is 3.02. The summed E-state index contributed by atoms with van der Waals surface area (Å²) in [5.74, 6) is -1.80. The minimum atomic E-state index is -3.95. The van der Waals surface area contributed by atoms with E-state index in [1.165, 1.54) is 11.3 Å². The first-order chi connectivity index (χ1) is 9.87. The molecule has 3 rings (SSSR count). The number of hydrogen-bond acceptors (Lipinski definition) is 6. The Morgan fingerprint density at radius 3 is 2.86 bits per heavy atom. The highest BCUT2D eigenvalue weighted by Crippen LogP contribution is 2.33. The second kappa shape index (κ2) is 5.11. The summed E-state index contributed by atoms with van der Waals surface area (Å²) in [6.45, 7) is 0. The molecule has 0 bridgehead atoms. The topological polar surface area (TPSA) is 110 Å². The lowest BCUT2D eigenvalue weighted by molar-refractivity contribution is 0.0661. The van der Waals surface area contributed by atoms with Gasteiger partial charge in [-0.05, 0) is 35.2 Å². The number of furan rings is 1. The molecule has 0 atom stereocenters. The molecule has 2 aromatic rings. The highest BCUT2D eigenvalue weighted by atomic mass is 79.9. The molecule has 0 spiro atoms. The van der Waals surface area contributed by atoms with Gasteiger partial charge < -0.3 is 9.52 Å². The molecule has 21 heavy (non-hydrogen) atoms. The van der Waals surface area contributed by atoms with Crippen LogP contribution in [0.15, 0.2) is 20.0 Å². The summed E-state index contributed by atoms with van der Waals surface area (Å²) in [6.07, 6.45) is 2.80. The van der Waals surface area contributed by atoms with E-state index in [9.17, 15) is 13.2 Å². The van der Waals surface area contributed by atoms with E-state index in [2.05, 4.69) is 25.6 Å². The summed E-state index contributed by atoms with van der Waals surface area (Å²) in [7, 11) is -3.95. The number of hydrogen-bond donors (Lipinski definition) is 2. The second-order valence-corrected chi connectivity index (χ2v) is 7.86. The van der Waals surface area contributed by atoms with Gasteiger partial charge in [-0.15, -0.1) is 11.3 Å². The number of aromatic carboxylic acids is 1. The van der Waals surface area contributed by atoms with E-state index in [4.69, 9.17) is 9.52 Å². The summed E-state index contributed by atoms with van der Waals surface area (Å²) < 4.78 is 31.6. The van der Waals surface area contributed by atoms with Crippen molar-refractivity contribution in [2.24, 2.45) is 0 Å². The Bertz CT molecular complexity index is 802. The van der Waals surface area contributed by atoms with Crippen LogP contribution >= 0.6 is 27.3 Å². The van der Waals surface area contributed by atoms with Crippen molar-refractivity contribution in [3.63, 3.8) is 0 Å². The maximum absolute atomic E-state index is 12.3. The van der Waals surface area contributed by atoms with Crippen molar-refractivity contribution in [3.05, 3.63) is 27.1 Å². The smallest absolute Gasteiger partial charge is 0.371 e. The van der Waals surface area contributed by atoms with Crippen LogP contribution in [0, 0.1) is 0 Å². The number of aryl methyl sites for hydroxylation is 2. The molecule has 0 aliphatic heterocycles. The number of nitrogens with zero attached hydrogens (tertiary/aromatic N) is 1. The predicted molar refractivity (Wildman–Crippen MR) is 78.3 cm³/mol. The van der Waals surface area contributed by atoms with Crippen molar-refractivity contribution in [2.75, 3.05) is 4.72 Å². The largest absolute Gasteiger partial charge is 0.475 e. The van der Waals surface area contributed by atoms with Gasteiger partial charge in [0.2, 0.25) is 5.76 Å². The van der Waals surface area contributed by atoms with Crippen LogP contribution in [0.3, 0.4) is 0 Å². The lowest BCUT2D eigenvalue weighted by Crippen LogP contribution is -2.12. The maximum Gasteiger partial charge on any atom is 0.371 e. The molecule has 7 nitrogen and oxygen atoms in total. The first-order valence-electron chi connectivity index (χ1n) is 5.91. The van der Waals surface area contributed by atoms with Gasteiger partial charge in [-0.1, -0.05) is 0 Å². The number of anilines is 1. The summed E-state index contributed by atoms with van der Waals surface area (Å²) in [6, 6.07) is 0.954. The summed E-state index contributed by atoms with van der Waals surface area (Å²) in [5, 5.41) is 9.10. The number of carboxylic acid groups (broad SMARTS) is 1. The number of fused-ring (bicyclic) bond motifs is 1. The number of thiazole rings is 1. The molecule has 0 radical (unpaired) electrons. The molecule has 112 valence electrons. The third-order valence-corrected chi connectivity index (χ3v) is 6.37. The number of nitrogens with one attached hydrogen (secondary N) is 1. The van der Waals surface area contributed by atoms with Gasteiger partial charge in [0.15, 0.2) is 9.80 Å². The fraction of sp³-hybridized carbons (Fsp3) is 0.273. The Hall–Kier alpha value is -1.39. The van der Waals surface area contributed by atoms with Crippen molar-refractivity contribution in [1.82, 2.24) is 4.98 Å². The Kier molecular flexibility index (Phi) is 3.54. The van der Waals surface area contributed by atoms with Gasteiger partial charge in [-0.2, -0.15) is 0 Å². The van der Waals surface area contributed by atoms with Gasteiger partial charge in [-0.3, -0.25) is 4.72 Å². The average molecular weight is 393 g/mol. The number of carbonyl (C=O) groups is 1. The van der Waals surface area contributed by atoms with Crippen molar-refractivity contribution in [2.45, 2.75) is 24.2 Å². The zero-order chi connectivity index (χ0) is 15.2. The zero-order valence-electron chi connectivity index (χ0n) is 10.4. The standard InChI is InChI=1S/C11H9BrN2O5S2/c12-9-8(4-6(19-9)10(15)16)21(17,18)14-11-13-5-2-1-3-7(5)20-11/h4H,1-3H2,(H,13,14)(H,15,16). The molecule has 0 saturated carbocycles. The Morgan fingerprint density at radius 1 is 1.48 bits per heavy atom. The van der Waals surface area contributed by atoms with E-state index in [1.807, 2.05) is 0 Å². The van der Waals surface area contributed by atoms with Gasteiger partial charge >= 0.3 is 5.97 Å². The summed E-state index contributed by atoms with van der Waals surface area (Å²) in [5.41, 5.74) is 0.926. The van der Waals surface area contributed by atoms with Crippen LogP contribution in [0.5, 0.6) is 0 Å². The summed E-state index contributed by atoms with van der Waals surface area (Å²) in [4.78, 5) is 15.9. The molecule has 2 N–H and O–H groups in total. The SMILES string of the molecule is O=C(O)c1cc(S(=O)(=O)Nc2nc3c(s2)CCC3)c(Br)o1. The molecule has 10 heteroatoms. The molecule has 1 aliphatic rings. The Morgan fingerprint density at radius 2 is 2.24 bits per heavy atom. The van der Waals surface area contributed by atoms with Crippen LogP contribution in [0.25, 0.3) is 0 Å². The van der Waals surface area contributed by atoms with Crippen LogP contribution in [0.2, 0.25) is 0 Å². The molecular weight excluding hydrogens is 384 g/mol. The molecule has 2 heterocycles. The van der Waals surface area contributed by atoms with E-state index < -0.39 is 21.8 Å². The first kappa shape index (κ1) is 14.5. The third kappa shape index (κ3) is 2.70. The molecular formula is C11H9BrN2O5S2.